The van der Waals surface area contributed by atoms with Crippen LogP contribution in [-0.2, 0) is 17.8 Å². The normalized spacial score (nSPS) is 10.4. The fourth-order valence-electron chi connectivity index (χ4n) is 1.58. The first-order chi connectivity index (χ1) is 9.97. The second-order valence-electron chi connectivity index (χ2n) is 4.09. The lowest BCUT2D eigenvalue weighted by atomic mass is 10.2. The number of halogens is 2. The number of aromatic amines is 1. The number of carboxylic acids is 1. The zero-order chi connectivity index (χ0) is 15.4. The van der Waals surface area contributed by atoms with Gasteiger partial charge in [0, 0.05) is 11.8 Å². The Morgan fingerprint density at radius 2 is 2.00 bits per heavy atom. The van der Waals surface area contributed by atoms with Crippen molar-refractivity contribution in [3.8, 4) is 5.75 Å². The fraction of sp³-hybridized carbons (Fsp3) is 0.154. The number of rotatable bonds is 5. The van der Waals surface area contributed by atoms with Crippen LogP contribution in [-0.4, -0.2) is 21.0 Å². The average Bonchev–Trinajstić information content (AvgIpc) is 2.41. The van der Waals surface area contributed by atoms with Gasteiger partial charge in [0.25, 0.3) is 5.56 Å². The van der Waals surface area contributed by atoms with Crippen LogP contribution in [0.25, 0.3) is 0 Å². The number of ether oxygens (including phenoxy) is 1. The summed E-state index contributed by atoms with van der Waals surface area (Å²) in [6.45, 7) is -0.0496. The van der Waals surface area contributed by atoms with Crippen LogP contribution in [0.15, 0.2) is 29.2 Å². The molecule has 110 valence electrons. The number of benzene rings is 1. The third-order valence-electron chi connectivity index (χ3n) is 2.54. The van der Waals surface area contributed by atoms with E-state index in [1.807, 2.05) is 0 Å². The van der Waals surface area contributed by atoms with Gasteiger partial charge >= 0.3 is 5.97 Å². The molecular weight excluding hydrogens is 319 g/mol. The summed E-state index contributed by atoms with van der Waals surface area (Å²) < 4.78 is 5.42. The quantitative estimate of drug-likeness (QED) is 0.878. The zero-order valence-corrected chi connectivity index (χ0v) is 12.1. The Labute approximate surface area is 129 Å². The molecule has 2 N–H and O–H groups in total. The Hall–Kier alpha value is -2.05. The second-order valence-corrected chi connectivity index (χ2v) is 4.91. The molecule has 0 aliphatic rings. The molecule has 0 atom stereocenters. The number of aromatic nitrogens is 2. The third kappa shape index (κ3) is 3.96. The Bertz CT molecular complexity index is 710. The van der Waals surface area contributed by atoms with Gasteiger partial charge in [-0.3, -0.25) is 9.59 Å². The first-order valence-electron chi connectivity index (χ1n) is 5.83. The minimum Gasteiger partial charge on any atom is -0.483 e. The molecule has 1 heterocycles. The van der Waals surface area contributed by atoms with E-state index in [0.29, 0.717) is 10.0 Å². The lowest BCUT2D eigenvalue weighted by Crippen LogP contribution is -2.19. The topological polar surface area (TPSA) is 92.3 Å². The van der Waals surface area contributed by atoms with E-state index in [9.17, 15) is 9.59 Å². The molecule has 2 aromatic rings. The van der Waals surface area contributed by atoms with E-state index in [2.05, 4.69) is 9.97 Å². The molecule has 1 aromatic carbocycles. The van der Waals surface area contributed by atoms with Gasteiger partial charge in [0.1, 0.15) is 12.4 Å². The number of nitrogens with one attached hydrogen (secondary N) is 1. The van der Waals surface area contributed by atoms with E-state index in [1.165, 1.54) is 6.20 Å². The molecule has 0 bridgehead atoms. The highest BCUT2D eigenvalue weighted by Crippen LogP contribution is 2.32. The van der Waals surface area contributed by atoms with E-state index < -0.39 is 11.5 Å². The first kappa shape index (κ1) is 15.3. The van der Waals surface area contributed by atoms with Crippen molar-refractivity contribution in [2.75, 3.05) is 0 Å². The van der Waals surface area contributed by atoms with Gasteiger partial charge in [0.2, 0.25) is 0 Å². The molecule has 0 aliphatic carbocycles. The number of nitrogens with zero attached hydrogens (tertiary/aromatic N) is 1. The van der Waals surface area contributed by atoms with Crippen LogP contribution in [0.4, 0.5) is 0 Å². The van der Waals surface area contributed by atoms with Gasteiger partial charge in [-0.15, -0.1) is 0 Å². The van der Waals surface area contributed by atoms with Crippen molar-refractivity contribution in [2.45, 2.75) is 13.0 Å². The van der Waals surface area contributed by atoms with Gasteiger partial charge in [-0.05, 0) is 12.1 Å². The monoisotopic (exact) mass is 328 g/mol. The minimum atomic E-state index is -1.10. The molecule has 0 amide bonds. The van der Waals surface area contributed by atoms with Crippen LogP contribution in [0.2, 0.25) is 10.0 Å². The average molecular weight is 329 g/mol. The SMILES string of the molecule is O=C(O)Cc1cnc(COc2c(Cl)cccc2Cl)[nH]c1=O. The Morgan fingerprint density at radius 1 is 1.33 bits per heavy atom. The van der Waals surface area contributed by atoms with Crippen molar-refractivity contribution >= 4 is 29.2 Å². The summed E-state index contributed by atoms with van der Waals surface area (Å²) in [6.07, 6.45) is 0.819. The highest BCUT2D eigenvalue weighted by atomic mass is 35.5. The number of H-pyrrole nitrogens is 1. The molecule has 0 spiro atoms. The standard InChI is InChI=1S/C13H10Cl2N2O4/c14-8-2-1-3-9(15)12(8)21-6-10-16-5-7(4-11(18)19)13(20)17-10/h1-3,5H,4,6H2,(H,18,19)(H,16,17,20). The number of carbonyl (C=O) groups is 1. The van der Waals surface area contributed by atoms with E-state index >= 15 is 0 Å². The highest BCUT2D eigenvalue weighted by molar-refractivity contribution is 6.37. The van der Waals surface area contributed by atoms with Gasteiger partial charge in [0.15, 0.2) is 5.75 Å². The largest absolute Gasteiger partial charge is 0.483 e. The summed E-state index contributed by atoms with van der Waals surface area (Å²) >= 11 is 11.9. The van der Waals surface area contributed by atoms with E-state index in [-0.39, 0.29) is 30.2 Å². The first-order valence-corrected chi connectivity index (χ1v) is 6.58. The summed E-state index contributed by atoms with van der Waals surface area (Å²) in [5, 5.41) is 9.32. The van der Waals surface area contributed by atoms with Gasteiger partial charge in [-0.2, -0.15) is 0 Å². The summed E-state index contributed by atoms with van der Waals surface area (Å²) in [5.41, 5.74) is -0.446. The molecule has 21 heavy (non-hydrogen) atoms. The van der Waals surface area contributed by atoms with E-state index in [4.69, 9.17) is 33.0 Å². The van der Waals surface area contributed by atoms with Crippen LogP contribution >= 0.6 is 23.2 Å². The lowest BCUT2D eigenvalue weighted by Gasteiger charge is -2.09. The van der Waals surface area contributed by atoms with Gasteiger partial charge in [-0.1, -0.05) is 29.3 Å². The Balaban J connectivity index is 2.12. The summed E-state index contributed by atoms with van der Waals surface area (Å²) in [4.78, 5) is 28.6. The minimum absolute atomic E-state index is 0.0496. The zero-order valence-electron chi connectivity index (χ0n) is 10.6. The molecular formula is C13H10Cl2N2O4. The van der Waals surface area contributed by atoms with Crippen LogP contribution in [0, 0.1) is 0 Å². The van der Waals surface area contributed by atoms with Crippen molar-refractivity contribution in [3.63, 3.8) is 0 Å². The predicted octanol–water partition coefficient (Wildman–Crippen LogP) is 2.28. The number of aliphatic carboxylic acids is 1. The predicted molar refractivity (Wildman–Crippen MR) is 77.0 cm³/mol. The molecule has 0 aliphatic heterocycles. The van der Waals surface area contributed by atoms with Crippen LogP contribution in [0.3, 0.4) is 0 Å². The molecule has 2 rings (SSSR count). The summed E-state index contributed by atoms with van der Waals surface area (Å²) in [7, 11) is 0. The van der Waals surface area contributed by atoms with Crippen molar-refractivity contribution in [3.05, 3.63) is 56.2 Å². The molecule has 0 fully saturated rings. The smallest absolute Gasteiger partial charge is 0.308 e. The van der Waals surface area contributed by atoms with Crippen LogP contribution < -0.4 is 10.3 Å². The number of hydrogen-bond donors (Lipinski definition) is 2. The van der Waals surface area contributed by atoms with Gasteiger partial charge < -0.3 is 14.8 Å². The Morgan fingerprint density at radius 3 is 2.57 bits per heavy atom. The third-order valence-corrected chi connectivity index (χ3v) is 3.13. The molecule has 0 saturated carbocycles. The van der Waals surface area contributed by atoms with E-state index in [1.54, 1.807) is 18.2 Å². The number of hydrogen-bond acceptors (Lipinski definition) is 4. The van der Waals surface area contributed by atoms with E-state index in [0.717, 1.165) is 0 Å². The van der Waals surface area contributed by atoms with Crippen molar-refractivity contribution in [2.24, 2.45) is 0 Å². The number of carboxylic acid groups (broad SMARTS) is 1. The lowest BCUT2D eigenvalue weighted by molar-refractivity contribution is -0.136. The van der Waals surface area contributed by atoms with Gasteiger partial charge in [0.05, 0.1) is 16.5 Å². The maximum absolute atomic E-state index is 11.7. The second kappa shape index (κ2) is 6.60. The molecule has 0 saturated heterocycles. The van der Waals surface area contributed by atoms with Crippen LogP contribution in [0.5, 0.6) is 5.75 Å². The maximum atomic E-state index is 11.7. The van der Waals surface area contributed by atoms with Gasteiger partial charge in [-0.25, -0.2) is 4.98 Å². The fourth-order valence-corrected chi connectivity index (χ4v) is 2.09. The van der Waals surface area contributed by atoms with Crippen molar-refractivity contribution in [1.29, 1.82) is 0 Å². The highest BCUT2D eigenvalue weighted by Gasteiger charge is 2.10. The Kier molecular flexibility index (Phi) is 4.82. The molecule has 1 aromatic heterocycles. The maximum Gasteiger partial charge on any atom is 0.308 e. The molecule has 8 heteroatoms. The molecule has 6 nitrogen and oxygen atoms in total. The summed E-state index contributed by atoms with van der Waals surface area (Å²) in [6, 6.07) is 4.92. The summed E-state index contributed by atoms with van der Waals surface area (Å²) in [5.74, 6) is -0.572. The number of para-hydroxylation sites is 1. The molecule has 0 radical (unpaired) electrons. The van der Waals surface area contributed by atoms with Crippen LogP contribution in [0.1, 0.15) is 11.4 Å². The van der Waals surface area contributed by atoms with Crippen molar-refractivity contribution in [1.82, 2.24) is 9.97 Å². The molecule has 0 unspecified atom stereocenters. The van der Waals surface area contributed by atoms with Crippen molar-refractivity contribution < 1.29 is 14.6 Å².